The molecule has 1 amide bonds. The molecule has 0 aliphatic heterocycles. The number of carbonyl (C=O) groups is 1. The fourth-order valence-electron chi connectivity index (χ4n) is 1.14. The van der Waals surface area contributed by atoms with Gasteiger partial charge >= 0.3 is 0 Å². The highest BCUT2D eigenvalue weighted by molar-refractivity contribution is 5.81. The Morgan fingerprint density at radius 1 is 1.73 bits per heavy atom. The average molecular weight is 208 g/mol. The molecule has 3 N–H and O–H groups in total. The monoisotopic (exact) mass is 208 g/mol. The lowest BCUT2D eigenvalue weighted by molar-refractivity contribution is -0.122. The quantitative estimate of drug-likeness (QED) is 0.641. The van der Waals surface area contributed by atoms with Crippen LogP contribution in [-0.4, -0.2) is 28.3 Å². The molecule has 0 saturated carbocycles. The molecule has 1 heterocycles. The van der Waals surface area contributed by atoms with E-state index in [0.717, 1.165) is 0 Å². The van der Waals surface area contributed by atoms with Crippen LogP contribution in [0, 0.1) is 0 Å². The first-order valence-electron chi connectivity index (χ1n) is 4.85. The first-order chi connectivity index (χ1) is 7.24. The molecule has 5 nitrogen and oxygen atoms in total. The van der Waals surface area contributed by atoms with E-state index in [1.54, 1.807) is 17.0 Å². The van der Waals surface area contributed by atoms with Crippen molar-refractivity contribution in [2.24, 2.45) is 5.73 Å². The lowest BCUT2D eigenvalue weighted by Gasteiger charge is -2.09. The number of nitrogens with two attached hydrogens (primary N) is 1. The van der Waals surface area contributed by atoms with Gasteiger partial charge in [0.15, 0.2) is 0 Å². The Balaban J connectivity index is 2.19. The second kappa shape index (κ2) is 5.98. The first-order valence-corrected chi connectivity index (χ1v) is 4.85. The minimum absolute atomic E-state index is 0.151. The summed E-state index contributed by atoms with van der Waals surface area (Å²) in [5.74, 6) is -0.151. The largest absolute Gasteiger partial charge is 0.353 e. The van der Waals surface area contributed by atoms with Crippen LogP contribution in [0.3, 0.4) is 0 Å². The molecule has 1 atom stereocenters. The highest BCUT2D eigenvalue weighted by atomic mass is 16.2. The van der Waals surface area contributed by atoms with E-state index in [9.17, 15) is 4.79 Å². The van der Waals surface area contributed by atoms with Crippen LogP contribution < -0.4 is 11.1 Å². The van der Waals surface area contributed by atoms with Gasteiger partial charge in [-0.15, -0.1) is 6.58 Å². The zero-order valence-electron chi connectivity index (χ0n) is 8.60. The molecule has 0 aromatic carbocycles. The van der Waals surface area contributed by atoms with Crippen molar-refractivity contribution in [2.45, 2.75) is 19.0 Å². The SMILES string of the molecule is C=CCC(N)C(=O)NCCn1cccn1. The zero-order chi connectivity index (χ0) is 11.1. The lowest BCUT2D eigenvalue weighted by atomic mass is 10.2. The predicted molar refractivity (Wildman–Crippen MR) is 58.0 cm³/mol. The van der Waals surface area contributed by atoms with Crippen molar-refractivity contribution in [3.63, 3.8) is 0 Å². The van der Waals surface area contributed by atoms with Crippen molar-refractivity contribution >= 4 is 5.91 Å². The van der Waals surface area contributed by atoms with Crippen LogP contribution in [0.1, 0.15) is 6.42 Å². The maximum Gasteiger partial charge on any atom is 0.237 e. The molecule has 82 valence electrons. The fourth-order valence-corrected chi connectivity index (χ4v) is 1.14. The topological polar surface area (TPSA) is 72.9 Å². The molecule has 5 heteroatoms. The van der Waals surface area contributed by atoms with E-state index in [1.165, 1.54) is 0 Å². The number of carbonyl (C=O) groups excluding carboxylic acids is 1. The average Bonchev–Trinajstić information content (AvgIpc) is 2.71. The summed E-state index contributed by atoms with van der Waals surface area (Å²) < 4.78 is 1.75. The third-order valence-electron chi connectivity index (χ3n) is 1.96. The molecule has 1 aromatic heterocycles. The van der Waals surface area contributed by atoms with Crippen molar-refractivity contribution in [1.82, 2.24) is 15.1 Å². The number of rotatable bonds is 6. The molecule has 0 fully saturated rings. The van der Waals surface area contributed by atoms with Gasteiger partial charge in [0, 0.05) is 18.9 Å². The Morgan fingerprint density at radius 2 is 2.53 bits per heavy atom. The molecule has 0 aliphatic rings. The van der Waals surface area contributed by atoms with Gasteiger partial charge in [-0.05, 0) is 12.5 Å². The highest BCUT2D eigenvalue weighted by Crippen LogP contribution is 1.88. The van der Waals surface area contributed by atoms with Crippen LogP contribution in [-0.2, 0) is 11.3 Å². The van der Waals surface area contributed by atoms with E-state index in [-0.39, 0.29) is 5.91 Å². The van der Waals surface area contributed by atoms with Crippen LogP contribution in [0.4, 0.5) is 0 Å². The number of amides is 1. The smallest absolute Gasteiger partial charge is 0.237 e. The molecular formula is C10H16N4O. The number of nitrogens with zero attached hydrogens (tertiary/aromatic N) is 2. The van der Waals surface area contributed by atoms with Gasteiger partial charge in [-0.1, -0.05) is 6.08 Å². The Kier molecular flexibility index (Phi) is 4.56. The predicted octanol–water partition coefficient (Wildman–Crippen LogP) is -0.0973. The van der Waals surface area contributed by atoms with Gasteiger partial charge in [0.25, 0.3) is 0 Å². The summed E-state index contributed by atoms with van der Waals surface area (Å²) in [6, 6.07) is 1.34. The lowest BCUT2D eigenvalue weighted by Crippen LogP contribution is -2.41. The van der Waals surface area contributed by atoms with E-state index < -0.39 is 6.04 Å². The van der Waals surface area contributed by atoms with E-state index in [0.29, 0.717) is 19.5 Å². The Labute approximate surface area is 89.0 Å². The molecule has 1 rings (SSSR count). The molecule has 0 radical (unpaired) electrons. The Bertz CT molecular complexity index is 307. The summed E-state index contributed by atoms with van der Waals surface area (Å²) in [5, 5.41) is 6.75. The summed E-state index contributed by atoms with van der Waals surface area (Å²) in [5.41, 5.74) is 5.58. The van der Waals surface area contributed by atoms with Gasteiger partial charge in [-0.2, -0.15) is 5.10 Å². The fraction of sp³-hybridized carbons (Fsp3) is 0.400. The van der Waals surface area contributed by atoms with Crippen LogP contribution >= 0.6 is 0 Å². The summed E-state index contributed by atoms with van der Waals surface area (Å²) >= 11 is 0. The molecule has 1 aromatic rings. The van der Waals surface area contributed by atoms with Crippen molar-refractivity contribution in [1.29, 1.82) is 0 Å². The minimum atomic E-state index is -0.500. The van der Waals surface area contributed by atoms with Crippen molar-refractivity contribution < 1.29 is 4.79 Å². The van der Waals surface area contributed by atoms with E-state index >= 15 is 0 Å². The van der Waals surface area contributed by atoms with Crippen LogP contribution in [0.5, 0.6) is 0 Å². The molecule has 0 spiro atoms. The van der Waals surface area contributed by atoms with Crippen LogP contribution in [0.15, 0.2) is 31.1 Å². The minimum Gasteiger partial charge on any atom is -0.353 e. The second-order valence-corrected chi connectivity index (χ2v) is 3.19. The third-order valence-corrected chi connectivity index (χ3v) is 1.96. The van der Waals surface area contributed by atoms with Gasteiger partial charge in [-0.3, -0.25) is 9.48 Å². The summed E-state index contributed by atoms with van der Waals surface area (Å²) in [7, 11) is 0. The van der Waals surface area contributed by atoms with E-state index in [1.807, 2.05) is 12.3 Å². The Morgan fingerprint density at radius 3 is 3.13 bits per heavy atom. The molecule has 1 unspecified atom stereocenters. The zero-order valence-corrected chi connectivity index (χ0v) is 8.60. The molecule has 15 heavy (non-hydrogen) atoms. The van der Waals surface area contributed by atoms with E-state index in [2.05, 4.69) is 17.0 Å². The number of nitrogens with one attached hydrogen (secondary N) is 1. The highest BCUT2D eigenvalue weighted by Gasteiger charge is 2.09. The van der Waals surface area contributed by atoms with Crippen molar-refractivity contribution in [3.05, 3.63) is 31.1 Å². The number of hydrogen-bond acceptors (Lipinski definition) is 3. The molecule has 0 saturated heterocycles. The third kappa shape index (κ3) is 3.95. The van der Waals surface area contributed by atoms with Gasteiger partial charge in [0.05, 0.1) is 12.6 Å². The summed E-state index contributed by atoms with van der Waals surface area (Å²) in [6.07, 6.45) is 5.67. The maximum atomic E-state index is 11.3. The number of hydrogen-bond donors (Lipinski definition) is 2. The van der Waals surface area contributed by atoms with Gasteiger partial charge in [-0.25, -0.2) is 0 Å². The van der Waals surface area contributed by atoms with Crippen LogP contribution in [0.2, 0.25) is 0 Å². The standard InChI is InChI=1S/C10H16N4O/c1-2-4-9(11)10(15)12-6-8-14-7-3-5-13-14/h2-3,5,7,9H,1,4,6,8,11H2,(H,12,15). The molecular weight excluding hydrogens is 192 g/mol. The number of aromatic nitrogens is 2. The first kappa shape index (κ1) is 11.5. The van der Waals surface area contributed by atoms with E-state index in [4.69, 9.17) is 5.73 Å². The Hall–Kier alpha value is -1.62. The summed E-state index contributed by atoms with van der Waals surface area (Å²) in [6.45, 7) is 4.72. The van der Waals surface area contributed by atoms with Crippen molar-refractivity contribution in [2.75, 3.05) is 6.54 Å². The van der Waals surface area contributed by atoms with Crippen LogP contribution in [0.25, 0.3) is 0 Å². The van der Waals surface area contributed by atoms with Crippen molar-refractivity contribution in [3.8, 4) is 0 Å². The molecule has 0 bridgehead atoms. The van der Waals surface area contributed by atoms with Gasteiger partial charge < -0.3 is 11.1 Å². The molecule has 0 aliphatic carbocycles. The second-order valence-electron chi connectivity index (χ2n) is 3.19. The summed E-state index contributed by atoms with van der Waals surface area (Å²) in [4.78, 5) is 11.3. The van der Waals surface area contributed by atoms with Gasteiger partial charge in [0.1, 0.15) is 0 Å². The van der Waals surface area contributed by atoms with Gasteiger partial charge in [0.2, 0.25) is 5.91 Å². The normalized spacial score (nSPS) is 12.1. The maximum absolute atomic E-state index is 11.3.